The van der Waals surface area contributed by atoms with Crippen LogP contribution in [0.15, 0.2) is 54.6 Å². The van der Waals surface area contributed by atoms with E-state index in [1.54, 1.807) is 24.3 Å². The van der Waals surface area contributed by atoms with E-state index in [9.17, 15) is 9.59 Å². The zero-order chi connectivity index (χ0) is 19.9. The predicted octanol–water partition coefficient (Wildman–Crippen LogP) is 3.49. The van der Waals surface area contributed by atoms with Crippen LogP contribution in [-0.4, -0.2) is 29.2 Å². The first kappa shape index (κ1) is 19.5. The van der Waals surface area contributed by atoms with Crippen molar-refractivity contribution in [2.45, 2.75) is 19.4 Å². The third kappa shape index (κ3) is 4.72. The van der Waals surface area contributed by atoms with Gasteiger partial charge in [-0.1, -0.05) is 48.6 Å². The van der Waals surface area contributed by atoms with Gasteiger partial charge in [-0.2, -0.15) is 0 Å². The van der Waals surface area contributed by atoms with Gasteiger partial charge in [-0.15, -0.1) is 10.2 Å². The minimum atomic E-state index is -1.03. The summed E-state index contributed by atoms with van der Waals surface area (Å²) in [6.07, 6.45) is 0.963. The molecule has 1 heterocycles. The van der Waals surface area contributed by atoms with Crippen LogP contribution in [-0.2, 0) is 16.0 Å². The van der Waals surface area contributed by atoms with Gasteiger partial charge >= 0.3 is 5.97 Å². The van der Waals surface area contributed by atoms with E-state index in [1.165, 1.54) is 24.0 Å². The Labute approximate surface area is 166 Å². The fourth-order valence-electron chi connectivity index (χ4n) is 2.49. The van der Waals surface area contributed by atoms with Crippen LogP contribution in [0.5, 0.6) is 0 Å². The largest absolute Gasteiger partial charge is 0.467 e. The molecule has 3 aromatic rings. The number of carbonyl (C=O) groups is 2. The summed E-state index contributed by atoms with van der Waals surface area (Å²) in [7, 11) is 1.26. The highest BCUT2D eigenvalue weighted by Gasteiger charge is 2.28. The Balaban J connectivity index is 1.75. The number of anilines is 2. The number of ether oxygens (including phenoxy) is 1. The standard InChI is InChI=1S/C20H20N4O3S/c1-3-13-9-11-15(12-10-13)21-20-24-23-18(28-20)16(19(26)27-2)22-17(25)14-7-5-4-6-8-14/h4-12,16H,3H2,1-2H3,(H,21,24)(H,22,25)/t16-/m0/s1. The van der Waals surface area contributed by atoms with E-state index in [0.717, 1.165) is 12.1 Å². The normalized spacial score (nSPS) is 11.5. The number of hydrogen-bond donors (Lipinski definition) is 2. The number of nitrogens with zero attached hydrogens (tertiary/aromatic N) is 2. The molecule has 0 unspecified atom stereocenters. The van der Waals surface area contributed by atoms with Gasteiger partial charge in [0, 0.05) is 11.3 Å². The van der Waals surface area contributed by atoms with Gasteiger partial charge in [0.1, 0.15) is 0 Å². The van der Waals surface area contributed by atoms with Crippen LogP contribution >= 0.6 is 11.3 Å². The highest BCUT2D eigenvalue weighted by Crippen LogP contribution is 2.26. The molecule has 0 saturated heterocycles. The van der Waals surface area contributed by atoms with Gasteiger partial charge in [-0.05, 0) is 36.2 Å². The minimum Gasteiger partial charge on any atom is -0.467 e. The second-order valence-electron chi connectivity index (χ2n) is 5.92. The van der Waals surface area contributed by atoms with Crippen LogP contribution in [0.2, 0.25) is 0 Å². The Morgan fingerprint density at radius 1 is 1.07 bits per heavy atom. The van der Waals surface area contributed by atoms with E-state index in [0.29, 0.717) is 15.7 Å². The third-order valence-corrected chi connectivity index (χ3v) is 4.95. The molecule has 28 heavy (non-hydrogen) atoms. The Bertz CT molecular complexity index is 942. The molecule has 1 atom stereocenters. The van der Waals surface area contributed by atoms with Gasteiger partial charge in [-0.25, -0.2) is 4.79 Å². The SMILES string of the molecule is CCc1ccc(Nc2nnc([C@H](NC(=O)c3ccccc3)C(=O)OC)s2)cc1. The summed E-state index contributed by atoms with van der Waals surface area (Å²) in [6, 6.07) is 15.6. The maximum Gasteiger partial charge on any atom is 0.335 e. The summed E-state index contributed by atoms with van der Waals surface area (Å²) in [5.74, 6) is -1.00. The number of amides is 1. The first-order chi connectivity index (χ1) is 13.6. The van der Waals surface area contributed by atoms with Crippen molar-refractivity contribution in [2.24, 2.45) is 0 Å². The van der Waals surface area contributed by atoms with Crippen LogP contribution in [0.3, 0.4) is 0 Å². The maximum absolute atomic E-state index is 12.4. The van der Waals surface area contributed by atoms with Crippen molar-refractivity contribution in [1.29, 1.82) is 0 Å². The minimum absolute atomic E-state index is 0.337. The molecule has 3 rings (SSSR count). The van der Waals surface area contributed by atoms with Crippen molar-refractivity contribution in [1.82, 2.24) is 15.5 Å². The summed E-state index contributed by atoms with van der Waals surface area (Å²) in [5, 5.41) is 14.8. The fraction of sp³-hybridized carbons (Fsp3) is 0.200. The molecule has 144 valence electrons. The predicted molar refractivity (Wildman–Crippen MR) is 108 cm³/mol. The second-order valence-corrected chi connectivity index (χ2v) is 6.93. The number of carbonyl (C=O) groups excluding carboxylic acids is 2. The average Bonchev–Trinajstić information content (AvgIpc) is 3.20. The Morgan fingerprint density at radius 2 is 1.79 bits per heavy atom. The molecule has 0 spiro atoms. The van der Waals surface area contributed by atoms with Crippen molar-refractivity contribution in [3.05, 3.63) is 70.7 Å². The topological polar surface area (TPSA) is 93.2 Å². The molecule has 2 N–H and O–H groups in total. The number of hydrogen-bond acceptors (Lipinski definition) is 7. The highest BCUT2D eigenvalue weighted by molar-refractivity contribution is 7.15. The smallest absolute Gasteiger partial charge is 0.335 e. The van der Waals surface area contributed by atoms with Crippen LogP contribution in [0.4, 0.5) is 10.8 Å². The van der Waals surface area contributed by atoms with E-state index >= 15 is 0 Å². The van der Waals surface area contributed by atoms with E-state index in [4.69, 9.17) is 4.74 Å². The van der Waals surface area contributed by atoms with Gasteiger partial charge in [0.05, 0.1) is 7.11 Å². The molecule has 7 nitrogen and oxygen atoms in total. The molecule has 2 aromatic carbocycles. The lowest BCUT2D eigenvalue weighted by atomic mass is 10.1. The number of aromatic nitrogens is 2. The van der Waals surface area contributed by atoms with E-state index in [1.807, 2.05) is 30.3 Å². The fourth-order valence-corrected chi connectivity index (χ4v) is 3.30. The number of nitrogens with one attached hydrogen (secondary N) is 2. The Kier molecular flexibility index (Phi) is 6.33. The zero-order valence-electron chi connectivity index (χ0n) is 15.5. The molecule has 0 aliphatic heterocycles. The van der Waals surface area contributed by atoms with Crippen LogP contribution in [0, 0.1) is 0 Å². The van der Waals surface area contributed by atoms with Gasteiger partial charge < -0.3 is 15.4 Å². The summed E-state index contributed by atoms with van der Waals surface area (Å²) in [4.78, 5) is 24.6. The van der Waals surface area contributed by atoms with Crippen molar-refractivity contribution < 1.29 is 14.3 Å². The highest BCUT2D eigenvalue weighted by atomic mass is 32.1. The van der Waals surface area contributed by atoms with Gasteiger partial charge in [-0.3, -0.25) is 4.79 Å². The number of methoxy groups -OCH3 is 1. The first-order valence-corrected chi connectivity index (χ1v) is 9.55. The molecule has 1 aromatic heterocycles. The Morgan fingerprint density at radius 3 is 2.43 bits per heavy atom. The third-order valence-electron chi connectivity index (χ3n) is 4.05. The summed E-state index contributed by atoms with van der Waals surface area (Å²) in [5.41, 5.74) is 2.54. The van der Waals surface area contributed by atoms with Crippen molar-refractivity contribution in [2.75, 3.05) is 12.4 Å². The van der Waals surface area contributed by atoms with Crippen molar-refractivity contribution >= 4 is 34.0 Å². The van der Waals surface area contributed by atoms with Gasteiger partial charge in [0.25, 0.3) is 5.91 Å². The quantitative estimate of drug-likeness (QED) is 0.594. The van der Waals surface area contributed by atoms with E-state index < -0.39 is 17.9 Å². The van der Waals surface area contributed by atoms with Crippen LogP contribution in [0.25, 0.3) is 0 Å². The lowest BCUT2D eigenvalue weighted by Gasteiger charge is -2.13. The van der Waals surface area contributed by atoms with Crippen LogP contribution in [0.1, 0.15) is 33.9 Å². The van der Waals surface area contributed by atoms with Crippen molar-refractivity contribution in [3.63, 3.8) is 0 Å². The Hall–Kier alpha value is -3.26. The average molecular weight is 396 g/mol. The number of esters is 1. The molecule has 0 bridgehead atoms. The summed E-state index contributed by atoms with van der Waals surface area (Å²) < 4.78 is 4.82. The van der Waals surface area contributed by atoms with E-state index in [-0.39, 0.29) is 0 Å². The number of benzene rings is 2. The van der Waals surface area contributed by atoms with E-state index in [2.05, 4.69) is 27.8 Å². The van der Waals surface area contributed by atoms with Gasteiger partial charge in [0.15, 0.2) is 11.0 Å². The second kappa shape index (κ2) is 9.09. The lowest BCUT2D eigenvalue weighted by Crippen LogP contribution is -2.34. The molecule has 0 saturated carbocycles. The summed E-state index contributed by atoms with van der Waals surface area (Å²) in [6.45, 7) is 2.09. The van der Waals surface area contributed by atoms with Crippen LogP contribution < -0.4 is 10.6 Å². The van der Waals surface area contributed by atoms with Crippen molar-refractivity contribution in [3.8, 4) is 0 Å². The molecular formula is C20H20N4O3S. The molecule has 1 amide bonds. The molecule has 8 heteroatoms. The maximum atomic E-state index is 12.4. The zero-order valence-corrected chi connectivity index (χ0v) is 16.3. The molecule has 0 aliphatic carbocycles. The molecule has 0 aliphatic rings. The molecular weight excluding hydrogens is 376 g/mol. The van der Waals surface area contributed by atoms with Gasteiger partial charge in [0.2, 0.25) is 5.13 Å². The summed E-state index contributed by atoms with van der Waals surface area (Å²) >= 11 is 1.18. The first-order valence-electron chi connectivity index (χ1n) is 8.73. The molecule has 0 fully saturated rings. The molecule has 0 radical (unpaired) electrons. The lowest BCUT2D eigenvalue weighted by molar-refractivity contribution is -0.143. The monoisotopic (exact) mass is 396 g/mol. The number of rotatable bonds is 7. The number of aryl methyl sites for hydroxylation is 1.